The van der Waals surface area contributed by atoms with Crippen LogP contribution >= 0.6 is 0 Å². The zero-order valence-electron chi connectivity index (χ0n) is 28.8. The highest BCUT2D eigenvalue weighted by Gasteiger charge is 2.76. The Morgan fingerprint density at radius 3 is 2.54 bits per heavy atom. The molecule has 3 aliphatic heterocycles. The summed E-state index contributed by atoms with van der Waals surface area (Å²) in [5.74, 6) is -3.65. The number of rotatable bonds is 19. The third kappa shape index (κ3) is 7.38. The Morgan fingerprint density at radius 1 is 1.21 bits per heavy atom. The fourth-order valence-corrected chi connectivity index (χ4v) is 7.71. The Balaban J connectivity index is 1.72. The number of benzene rings is 1. The summed E-state index contributed by atoms with van der Waals surface area (Å²) >= 11 is 0. The number of ether oxygens (including phenoxy) is 3. The first kappa shape index (κ1) is 37.3. The van der Waals surface area contributed by atoms with Crippen LogP contribution in [0.2, 0.25) is 0 Å². The topological polar surface area (TPSA) is 135 Å². The van der Waals surface area contributed by atoms with E-state index in [-0.39, 0.29) is 43.3 Å². The number of aliphatic hydroxyl groups is 1. The molecule has 0 saturated carbocycles. The number of likely N-dealkylation sites (tertiary alicyclic amines) is 1. The van der Waals surface area contributed by atoms with Crippen LogP contribution in [-0.2, 0) is 33.4 Å². The second-order valence-corrected chi connectivity index (χ2v) is 13.4. The lowest BCUT2D eigenvalue weighted by Gasteiger charge is -2.40. The fraction of sp³-hybridized carbons (Fsp3) is 0.622. The maximum atomic E-state index is 14.6. The van der Waals surface area contributed by atoms with Crippen LogP contribution in [0.1, 0.15) is 71.0 Å². The molecule has 3 saturated heterocycles. The van der Waals surface area contributed by atoms with Crippen molar-refractivity contribution in [1.82, 2.24) is 15.1 Å². The molecule has 11 nitrogen and oxygen atoms in total. The van der Waals surface area contributed by atoms with Crippen LogP contribution in [0.25, 0.3) is 0 Å². The fourth-order valence-electron chi connectivity index (χ4n) is 7.71. The van der Waals surface area contributed by atoms with Gasteiger partial charge in [0.2, 0.25) is 17.7 Å². The lowest BCUT2D eigenvalue weighted by molar-refractivity contribution is -0.164. The Morgan fingerprint density at radius 2 is 1.94 bits per heavy atom. The molecule has 4 rings (SSSR count). The van der Waals surface area contributed by atoms with Gasteiger partial charge in [-0.05, 0) is 37.2 Å². The molecule has 0 aromatic heterocycles. The van der Waals surface area contributed by atoms with E-state index in [1.165, 1.54) is 12.0 Å². The second kappa shape index (κ2) is 16.7. The molecule has 2 N–H and O–H groups in total. The SMILES string of the molecule is C=CCCC(=O)N[C@H](COC)[C@H](OC(=O)[C@@H]1[C@@H]2CC[C@]3(O2)[C@H](C(=O)N(CC=C)CCCC)N([C@@H](CO)C(C)C)C(=O)[C@@H]13)c1ccccc1. The number of methoxy groups -OCH3 is 1. The first-order chi connectivity index (χ1) is 23.1. The number of esters is 1. The van der Waals surface area contributed by atoms with Crippen molar-refractivity contribution in [2.24, 2.45) is 17.8 Å². The van der Waals surface area contributed by atoms with E-state index in [0.717, 1.165) is 12.8 Å². The summed E-state index contributed by atoms with van der Waals surface area (Å²) < 4.78 is 18.4. The predicted octanol–water partition coefficient (Wildman–Crippen LogP) is 3.57. The average Bonchev–Trinajstić information content (AvgIpc) is 3.72. The van der Waals surface area contributed by atoms with Crippen molar-refractivity contribution in [3.8, 4) is 0 Å². The number of nitrogens with zero attached hydrogens (tertiary/aromatic N) is 2. The number of carbonyl (C=O) groups is 4. The molecule has 0 unspecified atom stereocenters. The number of amides is 3. The van der Waals surface area contributed by atoms with E-state index in [4.69, 9.17) is 14.2 Å². The third-order valence-corrected chi connectivity index (χ3v) is 10.0. The van der Waals surface area contributed by atoms with Crippen molar-refractivity contribution in [2.45, 2.75) is 95.2 Å². The van der Waals surface area contributed by atoms with Gasteiger partial charge in [-0.25, -0.2) is 0 Å². The summed E-state index contributed by atoms with van der Waals surface area (Å²) in [6, 6.07) is 6.71. The number of nitrogens with one attached hydrogen (secondary N) is 1. The van der Waals surface area contributed by atoms with Gasteiger partial charge in [0.05, 0.1) is 43.2 Å². The van der Waals surface area contributed by atoms with E-state index in [9.17, 15) is 24.3 Å². The van der Waals surface area contributed by atoms with Crippen molar-refractivity contribution in [1.29, 1.82) is 0 Å². The molecular weight excluding hydrogens is 614 g/mol. The van der Waals surface area contributed by atoms with Crippen molar-refractivity contribution in [3.05, 3.63) is 61.2 Å². The molecule has 48 heavy (non-hydrogen) atoms. The van der Waals surface area contributed by atoms with Crippen LogP contribution in [0.15, 0.2) is 55.6 Å². The summed E-state index contributed by atoms with van der Waals surface area (Å²) in [5, 5.41) is 13.5. The van der Waals surface area contributed by atoms with Crippen molar-refractivity contribution < 1.29 is 38.5 Å². The van der Waals surface area contributed by atoms with Gasteiger partial charge in [0.15, 0.2) is 0 Å². The molecule has 264 valence electrons. The van der Waals surface area contributed by atoms with E-state index in [1.54, 1.807) is 17.1 Å². The van der Waals surface area contributed by atoms with E-state index in [1.807, 2.05) is 51.1 Å². The first-order valence-electron chi connectivity index (χ1n) is 17.2. The van der Waals surface area contributed by atoms with Crippen LogP contribution < -0.4 is 5.32 Å². The average molecular weight is 668 g/mol. The number of hydrogen-bond acceptors (Lipinski definition) is 8. The van der Waals surface area contributed by atoms with Gasteiger partial charge in [-0.15, -0.1) is 13.2 Å². The molecule has 1 spiro atoms. The highest BCUT2D eigenvalue weighted by molar-refractivity contribution is 5.98. The van der Waals surface area contributed by atoms with Crippen LogP contribution in [0.4, 0.5) is 0 Å². The second-order valence-electron chi connectivity index (χ2n) is 13.4. The van der Waals surface area contributed by atoms with Crippen molar-refractivity contribution in [3.63, 3.8) is 0 Å². The van der Waals surface area contributed by atoms with Gasteiger partial charge in [-0.2, -0.15) is 0 Å². The lowest BCUT2D eigenvalue weighted by atomic mass is 9.70. The zero-order chi connectivity index (χ0) is 35.0. The highest BCUT2D eigenvalue weighted by Crippen LogP contribution is 2.59. The smallest absolute Gasteiger partial charge is 0.313 e. The minimum absolute atomic E-state index is 0.0668. The van der Waals surface area contributed by atoms with Gasteiger partial charge in [-0.3, -0.25) is 19.2 Å². The van der Waals surface area contributed by atoms with Gasteiger partial charge >= 0.3 is 5.97 Å². The minimum atomic E-state index is -1.25. The number of hydrogen-bond donors (Lipinski definition) is 2. The van der Waals surface area contributed by atoms with Gasteiger partial charge in [0, 0.05) is 26.6 Å². The van der Waals surface area contributed by atoms with Crippen LogP contribution in [0.5, 0.6) is 0 Å². The van der Waals surface area contributed by atoms with Crippen LogP contribution in [-0.4, -0.2) is 102 Å². The predicted molar refractivity (Wildman–Crippen MR) is 180 cm³/mol. The molecule has 3 heterocycles. The number of carbonyl (C=O) groups excluding carboxylic acids is 4. The summed E-state index contributed by atoms with van der Waals surface area (Å²) in [5.41, 5.74) is -0.594. The minimum Gasteiger partial charge on any atom is -0.455 e. The van der Waals surface area contributed by atoms with Crippen LogP contribution in [0, 0.1) is 17.8 Å². The standard InChI is InChI=1S/C37H53N3O8/c1-7-10-17-29(42)38-26(23-46-6)32(25-15-13-12-14-16-25)47-36(45)30-28-18-19-37(48-28)31(30)34(43)40(27(22-41)24(4)5)33(37)35(44)39(20-9-3)21-11-8-2/h7,9,12-16,24,26-28,30-33,41H,1,3,8,10-11,17-23H2,2,4-6H3,(H,38,42)/t26-,27+,28+,30-,31-,32-,33+,37-/m1/s1. The maximum absolute atomic E-state index is 14.6. The molecule has 0 radical (unpaired) electrons. The summed E-state index contributed by atoms with van der Waals surface area (Å²) in [4.78, 5) is 59.5. The number of unbranched alkanes of at least 4 members (excludes halogenated alkanes) is 1. The molecular formula is C37H53N3O8. The van der Waals surface area contributed by atoms with E-state index in [2.05, 4.69) is 18.5 Å². The molecule has 3 amide bonds. The van der Waals surface area contributed by atoms with Gasteiger partial charge in [-0.1, -0.05) is 69.7 Å². The first-order valence-corrected chi connectivity index (χ1v) is 17.2. The van der Waals surface area contributed by atoms with Gasteiger partial charge < -0.3 is 34.4 Å². The third-order valence-electron chi connectivity index (χ3n) is 10.0. The molecule has 0 aliphatic carbocycles. The molecule has 3 fully saturated rings. The molecule has 8 atom stereocenters. The van der Waals surface area contributed by atoms with E-state index < -0.39 is 53.7 Å². The molecule has 11 heteroatoms. The summed E-state index contributed by atoms with van der Waals surface area (Å²) in [7, 11) is 1.51. The summed E-state index contributed by atoms with van der Waals surface area (Å²) in [6.07, 6.45) is 5.01. The number of fused-ring (bicyclic) bond motifs is 1. The Hall–Kier alpha value is -3.54. The lowest BCUT2D eigenvalue weighted by Crippen LogP contribution is -2.59. The number of allylic oxidation sites excluding steroid dienone is 1. The van der Waals surface area contributed by atoms with Crippen LogP contribution in [0.3, 0.4) is 0 Å². The molecule has 3 aliphatic rings. The Labute approximate surface area is 284 Å². The van der Waals surface area contributed by atoms with E-state index in [0.29, 0.717) is 37.9 Å². The van der Waals surface area contributed by atoms with Gasteiger partial charge in [0.25, 0.3) is 0 Å². The molecule has 1 aromatic carbocycles. The summed E-state index contributed by atoms with van der Waals surface area (Å²) in [6.45, 7) is 13.9. The number of aliphatic hydroxyl groups excluding tert-OH is 1. The van der Waals surface area contributed by atoms with Gasteiger partial charge in [0.1, 0.15) is 17.7 Å². The van der Waals surface area contributed by atoms with Crippen molar-refractivity contribution >= 4 is 23.7 Å². The highest BCUT2D eigenvalue weighted by atomic mass is 16.6. The molecule has 1 aromatic rings. The van der Waals surface area contributed by atoms with Crippen molar-refractivity contribution in [2.75, 3.05) is 33.4 Å². The maximum Gasteiger partial charge on any atom is 0.313 e. The zero-order valence-corrected chi connectivity index (χ0v) is 28.8. The normalized spacial score (nSPS) is 26.1. The van der Waals surface area contributed by atoms with E-state index >= 15 is 0 Å². The Bertz CT molecular complexity index is 1300. The molecule has 2 bridgehead atoms. The monoisotopic (exact) mass is 667 g/mol. The quantitative estimate of drug-likeness (QED) is 0.169. The Kier molecular flexibility index (Phi) is 13.0. The largest absolute Gasteiger partial charge is 0.455 e.